The first-order chi connectivity index (χ1) is 11.3. The average molecular weight is 294 g/mol. The van der Waals surface area contributed by atoms with Crippen LogP contribution in [0.25, 0.3) is 11.1 Å². The van der Waals surface area contributed by atoms with Gasteiger partial charge < -0.3 is 4.74 Å². The Kier molecular flexibility index (Phi) is 4.14. The van der Waals surface area contributed by atoms with Crippen LogP contribution in [0, 0.1) is 24.7 Å². The molecule has 1 heteroatoms. The molecule has 108 valence electrons. The summed E-state index contributed by atoms with van der Waals surface area (Å²) in [6, 6.07) is 23.3. The van der Waals surface area contributed by atoms with E-state index in [4.69, 9.17) is 17.6 Å². The Morgan fingerprint density at radius 3 is 1.30 bits per heavy atom. The van der Waals surface area contributed by atoms with Crippen LogP contribution in [0.15, 0.2) is 72.8 Å². The summed E-state index contributed by atoms with van der Waals surface area (Å²) >= 11 is 0. The Hall–Kier alpha value is -3.42. The summed E-state index contributed by atoms with van der Waals surface area (Å²) in [6.45, 7) is 0. The van der Waals surface area contributed by atoms with E-state index in [1.165, 1.54) is 0 Å². The van der Waals surface area contributed by atoms with Crippen LogP contribution in [0.1, 0.15) is 11.1 Å². The number of hydrogen-bond acceptors (Lipinski definition) is 1. The van der Waals surface area contributed by atoms with Crippen LogP contribution in [-0.4, -0.2) is 0 Å². The molecule has 0 spiro atoms. The van der Waals surface area contributed by atoms with E-state index in [1.807, 2.05) is 72.8 Å². The molecule has 0 radical (unpaired) electrons. The lowest BCUT2D eigenvalue weighted by Crippen LogP contribution is -1.85. The third-order valence-corrected chi connectivity index (χ3v) is 3.50. The van der Waals surface area contributed by atoms with Crippen molar-refractivity contribution in [2.45, 2.75) is 0 Å². The number of hydrogen-bond donors (Lipinski definition) is 0. The van der Waals surface area contributed by atoms with Gasteiger partial charge in [0.2, 0.25) is 0 Å². The molecule has 1 nitrogen and oxygen atoms in total. The number of benzene rings is 3. The molecule has 0 aliphatic carbocycles. The van der Waals surface area contributed by atoms with Crippen molar-refractivity contribution in [1.29, 1.82) is 0 Å². The van der Waals surface area contributed by atoms with Crippen molar-refractivity contribution < 1.29 is 4.74 Å². The highest BCUT2D eigenvalue weighted by atomic mass is 16.5. The number of terminal acetylenes is 2. The summed E-state index contributed by atoms with van der Waals surface area (Å²) < 4.78 is 5.81. The van der Waals surface area contributed by atoms with Gasteiger partial charge >= 0.3 is 0 Å². The SMILES string of the molecule is C#Cc1ccc(Oc2ccc(-c3ccc(C#C)cc3)cc2)cc1. The van der Waals surface area contributed by atoms with Crippen LogP contribution in [0.3, 0.4) is 0 Å². The van der Waals surface area contributed by atoms with Gasteiger partial charge in [-0.15, -0.1) is 12.8 Å². The predicted octanol–water partition coefficient (Wildman–Crippen LogP) is 5.11. The van der Waals surface area contributed by atoms with E-state index in [9.17, 15) is 0 Å². The van der Waals surface area contributed by atoms with E-state index in [0.29, 0.717) is 0 Å². The van der Waals surface area contributed by atoms with Crippen molar-refractivity contribution in [2.24, 2.45) is 0 Å². The van der Waals surface area contributed by atoms with Gasteiger partial charge in [-0.1, -0.05) is 36.1 Å². The summed E-state index contributed by atoms with van der Waals surface area (Å²) in [5, 5.41) is 0. The molecular formula is C22H14O. The first-order valence-corrected chi connectivity index (χ1v) is 7.20. The molecule has 0 N–H and O–H groups in total. The second-order valence-corrected chi connectivity index (χ2v) is 5.02. The van der Waals surface area contributed by atoms with Gasteiger partial charge in [-0.05, 0) is 59.7 Å². The zero-order valence-electron chi connectivity index (χ0n) is 12.5. The van der Waals surface area contributed by atoms with Crippen LogP contribution >= 0.6 is 0 Å². The summed E-state index contributed by atoms with van der Waals surface area (Å²) in [5.41, 5.74) is 3.95. The van der Waals surface area contributed by atoms with E-state index in [1.54, 1.807) is 0 Å². The monoisotopic (exact) mass is 294 g/mol. The molecule has 0 aliphatic rings. The zero-order valence-corrected chi connectivity index (χ0v) is 12.5. The molecule has 3 rings (SSSR count). The fourth-order valence-electron chi connectivity index (χ4n) is 2.23. The minimum atomic E-state index is 0.759. The highest BCUT2D eigenvalue weighted by Gasteiger charge is 2.00. The fraction of sp³-hybridized carbons (Fsp3) is 0. The van der Waals surface area contributed by atoms with Gasteiger partial charge in [-0.25, -0.2) is 0 Å². The molecule has 0 saturated heterocycles. The molecule has 23 heavy (non-hydrogen) atoms. The maximum absolute atomic E-state index is 5.81. The molecule has 0 saturated carbocycles. The molecule has 0 heterocycles. The van der Waals surface area contributed by atoms with E-state index in [-0.39, 0.29) is 0 Å². The number of rotatable bonds is 3. The Labute approximate surface area is 136 Å². The van der Waals surface area contributed by atoms with E-state index >= 15 is 0 Å². The maximum Gasteiger partial charge on any atom is 0.127 e. The average Bonchev–Trinajstić information content (AvgIpc) is 2.63. The van der Waals surface area contributed by atoms with Gasteiger partial charge in [-0.2, -0.15) is 0 Å². The fourth-order valence-corrected chi connectivity index (χ4v) is 2.23. The van der Waals surface area contributed by atoms with Crippen LogP contribution < -0.4 is 4.74 Å². The van der Waals surface area contributed by atoms with Crippen molar-refractivity contribution in [3.05, 3.63) is 83.9 Å². The Bertz CT molecular complexity index is 871. The summed E-state index contributed by atoms with van der Waals surface area (Å²) in [6.07, 6.45) is 10.7. The summed E-state index contributed by atoms with van der Waals surface area (Å²) in [5.74, 6) is 6.74. The quantitative estimate of drug-likeness (QED) is 0.610. The molecule has 0 bridgehead atoms. The second-order valence-electron chi connectivity index (χ2n) is 5.02. The highest BCUT2D eigenvalue weighted by Crippen LogP contribution is 2.26. The van der Waals surface area contributed by atoms with E-state index < -0.39 is 0 Å². The Morgan fingerprint density at radius 1 is 0.522 bits per heavy atom. The summed E-state index contributed by atoms with van der Waals surface area (Å²) in [4.78, 5) is 0. The largest absolute Gasteiger partial charge is 0.457 e. The van der Waals surface area contributed by atoms with Crippen LogP contribution in [0.5, 0.6) is 11.5 Å². The second kappa shape index (κ2) is 6.56. The molecule has 0 unspecified atom stereocenters. The molecule has 0 aromatic heterocycles. The third kappa shape index (κ3) is 3.43. The minimum Gasteiger partial charge on any atom is -0.457 e. The van der Waals surface area contributed by atoms with Gasteiger partial charge in [0, 0.05) is 11.1 Å². The van der Waals surface area contributed by atoms with Crippen molar-refractivity contribution in [1.82, 2.24) is 0 Å². The molecule has 0 atom stereocenters. The number of ether oxygens (including phenoxy) is 1. The molecular weight excluding hydrogens is 280 g/mol. The van der Waals surface area contributed by atoms with E-state index in [2.05, 4.69) is 11.8 Å². The van der Waals surface area contributed by atoms with Crippen LogP contribution in [-0.2, 0) is 0 Å². The van der Waals surface area contributed by atoms with Crippen molar-refractivity contribution in [3.63, 3.8) is 0 Å². The molecule has 3 aromatic rings. The lowest BCUT2D eigenvalue weighted by atomic mass is 10.0. The van der Waals surface area contributed by atoms with E-state index in [0.717, 1.165) is 33.8 Å². The lowest BCUT2D eigenvalue weighted by molar-refractivity contribution is 0.483. The van der Waals surface area contributed by atoms with Gasteiger partial charge in [0.05, 0.1) is 0 Å². The lowest BCUT2D eigenvalue weighted by Gasteiger charge is -2.07. The maximum atomic E-state index is 5.81. The van der Waals surface area contributed by atoms with Crippen LogP contribution in [0.2, 0.25) is 0 Å². The predicted molar refractivity (Wildman–Crippen MR) is 94.3 cm³/mol. The third-order valence-electron chi connectivity index (χ3n) is 3.50. The smallest absolute Gasteiger partial charge is 0.127 e. The van der Waals surface area contributed by atoms with Crippen molar-refractivity contribution in [2.75, 3.05) is 0 Å². The minimum absolute atomic E-state index is 0.759. The highest BCUT2D eigenvalue weighted by molar-refractivity contribution is 5.65. The zero-order chi connectivity index (χ0) is 16.1. The molecule has 0 aliphatic heterocycles. The molecule has 0 amide bonds. The Morgan fingerprint density at radius 2 is 0.870 bits per heavy atom. The topological polar surface area (TPSA) is 9.23 Å². The standard InChI is InChI=1S/C22H14O/c1-3-17-5-9-19(10-6-17)20-11-15-22(16-12-20)23-21-13-7-18(4-2)8-14-21/h1-2,5-16H. The van der Waals surface area contributed by atoms with Gasteiger partial charge in [0.25, 0.3) is 0 Å². The first-order valence-electron chi connectivity index (χ1n) is 7.20. The van der Waals surface area contributed by atoms with Crippen LogP contribution in [0.4, 0.5) is 0 Å². The first kappa shape index (κ1) is 14.5. The van der Waals surface area contributed by atoms with Gasteiger partial charge in [-0.3, -0.25) is 0 Å². The van der Waals surface area contributed by atoms with Gasteiger partial charge in [0.1, 0.15) is 11.5 Å². The van der Waals surface area contributed by atoms with Crippen molar-refractivity contribution in [3.8, 4) is 47.3 Å². The molecule has 3 aromatic carbocycles. The summed E-state index contributed by atoms with van der Waals surface area (Å²) in [7, 11) is 0. The van der Waals surface area contributed by atoms with Gasteiger partial charge in [0.15, 0.2) is 0 Å². The molecule has 0 fully saturated rings. The van der Waals surface area contributed by atoms with Crippen molar-refractivity contribution >= 4 is 0 Å². The Balaban J connectivity index is 1.76. The normalized spacial score (nSPS) is 9.65.